The lowest BCUT2D eigenvalue weighted by molar-refractivity contribution is -0.137. The molecule has 2 aromatic carbocycles. The summed E-state index contributed by atoms with van der Waals surface area (Å²) < 4.78 is 78.1. The van der Waals surface area contributed by atoms with E-state index in [4.69, 9.17) is 0 Å². The summed E-state index contributed by atoms with van der Waals surface area (Å²) in [4.78, 5) is 28.5. The third-order valence-corrected chi connectivity index (χ3v) is 8.71. The van der Waals surface area contributed by atoms with Crippen LogP contribution in [0.4, 0.5) is 17.6 Å². The lowest BCUT2D eigenvalue weighted by Crippen LogP contribution is -2.50. The molecule has 206 valence electrons. The average Bonchev–Trinajstić information content (AvgIpc) is 3.25. The number of amides is 2. The van der Waals surface area contributed by atoms with Crippen molar-refractivity contribution in [2.75, 3.05) is 6.26 Å². The molecule has 6 nitrogen and oxygen atoms in total. The number of hydrogen-bond donors (Lipinski definition) is 1. The van der Waals surface area contributed by atoms with Gasteiger partial charge in [-0.05, 0) is 68.4 Å². The Bertz CT molecular complexity index is 1320. The zero-order chi connectivity index (χ0) is 27.8. The molecular formula is C27H30F4N2O4S. The van der Waals surface area contributed by atoms with E-state index in [9.17, 15) is 35.6 Å². The van der Waals surface area contributed by atoms with Crippen molar-refractivity contribution < 1.29 is 35.6 Å². The number of benzene rings is 2. The van der Waals surface area contributed by atoms with Gasteiger partial charge >= 0.3 is 6.18 Å². The van der Waals surface area contributed by atoms with Crippen LogP contribution in [0.2, 0.25) is 0 Å². The van der Waals surface area contributed by atoms with E-state index >= 15 is 0 Å². The molecular weight excluding hydrogens is 524 g/mol. The van der Waals surface area contributed by atoms with Crippen LogP contribution in [0, 0.1) is 11.7 Å². The fraction of sp³-hybridized carbons (Fsp3) is 0.481. The number of nitrogens with zero attached hydrogens (tertiary/aromatic N) is 1. The van der Waals surface area contributed by atoms with Crippen molar-refractivity contribution in [3.05, 3.63) is 65.0 Å². The van der Waals surface area contributed by atoms with Crippen molar-refractivity contribution in [2.24, 2.45) is 5.92 Å². The highest BCUT2D eigenvalue weighted by Gasteiger charge is 2.42. The number of hydrogen-bond acceptors (Lipinski definition) is 4. The van der Waals surface area contributed by atoms with E-state index in [1.165, 1.54) is 29.2 Å². The highest BCUT2D eigenvalue weighted by atomic mass is 32.2. The monoisotopic (exact) mass is 554 g/mol. The molecule has 2 aromatic rings. The molecule has 38 heavy (non-hydrogen) atoms. The third kappa shape index (κ3) is 5.72. The van der Waals surface area contributed by atoms with E-state index in [0.717, 1.165) is 24.8 Å². The Kier molecular flexibility index (Phi) is 7.88. The summed E-state index contributed by atoms with van der Waals surface area (Å²) in [7, 11) is -3.56. The van der Waals surface area contributed by atoms with Crippen LogP contribution in [-0.2, 0) is 20.8 Å². The maximum Gasteiger partial charge on any atom is 0.416 e. The summed E-state index contributed by atoms with van der Waals surface area (Å²) >= 11 is 0. The fourth-order valence-corrected chi connectivity index (χ4v) is 5.95. The van der Waals surface area contributed by atoms with Crippen molar-refractivity contribution in [3.63, 3.8) is 0 Å². The first-order chi connectivity index (χ1) is 17.8. The molecule has 0 aromatic heterocycles. The van der Waals surface area contributed by atoms with E-state index in [0.29, 0.717) is 38.2 Å². The maximum atomic E-state index is 14.9. The molecule has 4 rings (SSSR count). The molecule has 1 saturated heterocycles. The quantitative estimate of drug-likeness (QED) is 0.472. The average molecular weight is 555 g/mol. The van der Waals surface area contributed by atoms with Crippen LogP contribution in [0.15, 0.2) is 47.4 Å². The standard InChI is InChI=1S/C27H30F4N2O4S/c1-3-19-11-13-23(33(19)26(35)17-8-5-9-20(14-17)38(2,36)37)25(34)32-24(16-6-4-7-16)21-12-10-18(15-22(21)28)27(29,30)31/h5,8-10,12,14-16,19,23-24H,3-4,6-7,11,13H2,1-2H3,(H,32,34)/t19-,23-,24?/m1/s1. The van der Waals surface area contributed by atoms with Crippen molar-refractivity contribution >= 4 is 21.7 Å². The Labute approximate surface area is 219 Å². The number of nitrogens with one attached hydrogen (secondary N) is 1. The molecule has 1 unspecified atom stereocenters. The number of rotatable bonds is 7. The highest BCUT2D eigenvalue weighted by molar-refractivity contribution is 7.90. The van der Waals surface area contributed by atoms with E-state index in [2.05, 4.69) is 5.32 Å². The van der Waals surface area contributed by atoms with Gasteiger partial charge in [0.05, 0.1) is 16.5 Å². The van der Waals surface area contributed by atoms with Crippen LogP contribution in [0.1, 0.15) is 73.0 Å². The minimum Gasteiger partial charge on any atom is -0.347 e. The van der Waals surface area contributed by atoms with Gasteiger partial charge in [0.25, 0.3) is 5.91 Å². The van der Waals surface area contributed by atoms with Crippen molar-refractivity contribution in [3.8, 4) is 0 Å². The summed E-state index contributed by atoms with van der Waals surface area (Å²) in [6.07, 6.45) is 0.0664. The molecule has 2 aliphatic rings. The molecule has 0 bridgehead atoms. The van der Waals surface area contributed by atoms with Crippen LogP contribution < -0.4 is 5.32 Å². The minimum absolute atomic E-state index is 0.0141. The first-order valence-electron chi connectivity index (χ1n) is 12.6. The van der Waals surface area contributed by atoms with E-state index in [1.54, 1.807) is 0 Å². The van der Waals surface area contributed by atoms with Crippen molar-refractivity contribution in [1.82, 2.24) is 10.2 Å². The summed E-state index contributed by atoms with van der Waals surface area (Å²) in [5.41, 5.74) is -0.984. The van der Waals surface area contributed by atoms with Gasteiger partial charge in [-0.15, -0.1) is 0 Å². The molecule has 1 aliphatic heterocycles. The fourth-order valence-electron chi connectivity index (χ4n) is 5.29. The summed E-state index contributed by atoms with van der Waals surface area (Å²) in [5.74, 6) is -2.17. The second-order valence-electron chi connectivity index (χ2n) is 10.1. The minimum atomic E-state index is -4.69. The van der Waals surface area contributed by atoms with Gasteiger partial charge in [-0.1, -0.05) is 25.5 Å². The number of carbonyl (C=O) groups is 2. The SMILES string of the molecule is CC[C@@H]1CC[C@H](C(=O)NC(c2ccc(C(F)(F)F)cc2F)C2CCC2)N1C(=O)c1cccc(S(C)(=O)=O)c1. The zero-order valence-electron chi connectivity index (χ0n) is 21.1. The van der Waals surface area contributed by atoms with Gasteiger partial charge in [0.1, 0.15) is 11.9 Å². The molecule has 0 spiro atoms. The predicted octanol–water partition coefficient (Wildman–Crippen LogP) is 5.29. The maximum absolute atomic E-state index is 14.9. The van der Waals surface area contributed by atoms with Crippen molar-refractivity contribution in [2.45, 2.75) is 74.6 Å². The molecule has 0 radical (unpaired) electrons. The highest BCUT2D eigenvalue weighted by Crippen LogP contribution is 2.40. The Morgan fingerprint density at radius 1 is 1.08 bits per heavy atom. The van der Waals surface area contributed by atoms with Crippen LogP contribution >= 0.6 is 0 Å². The van der Waals surface area contributed by atoms with Crippen LogP contribution in [0.25, 0.3) is 0 Å². The Morgan fingerprint density at radius 3 is 2.34 bits per heavy atom. The molecule has 1 aliphatic carbocycles. The van der Waals surface area contributed by atoms with E-state index < -0.39 is 51.3 Å². The van der Waals surface area contributed by atoms with Gasteiger partial charge in [-0.25, -0.2) is 12.8 Å². The molecule has 2 fully saturated rings. The number of alkyl halides is 3. The number of halogens is 4. The lowest BCUT2D eigenvalue weighted by atomic mass is 9.76. The summed E-state index contributed by atoms with van der Waals surface area (Å²) in [6, 6.07) is 5.99. The van der Waals surface area contributed by atoms with Gasteiger partial charge in [0.2, 0.25) is 5.91 Å². The second kappa shape index (κ2) is 10.7. The Morgan fingerprint density at radius 2 is 1.79 bits per heavy atom. The van der Waals surface area contributed by atoms with Gasteiger partial charge in [0, 0.05) is 23.4 Å². The first kappa shape index (κ1) is 28.1. The van der Waals surface area contributed by atoms with E-state index in [1.807, 2.05) is 6.92 Å². The van der Waals surface area contributed by atoms with Gasteiger partial charge in [0.15, 0.2) is 9.84 Å². The number of sulfone groups is 1. The molecule has 3 atom stereocenters. The Hall–Kier alpha value is -2.95. The lowest BCUT2D eigenvalue weighted by Gasteiger charge is -2.37. The van der Waals surface area contributed by atoms with Crippen LogP contribution in [0.5, 0.6) is 0 Å². The van der Waals surface area contributed by atoms with Crippen LogP contribution in [0.3, 0.4) is 0 Å². The zero-order valence-corrected chi connectivity index (χ0v) is 21.9. The predicted molar refractivity (Wildman–Crippen MR) is 132 cm³/mol. The second-order valence-corrected chi connectivity index (χ2v) is 12.1. The first-order valence-corrected chi connectivity index (χ1v) is 14.5. The van der Waals surface area contributed by atoms with Crippen LogP contribution in [-0.4, -0.2) is 43.5 Å². The molecule has 11 heteroatoms. The largest absolute Gasteiger partial charge is 0.416 e. The molecule has 1 saturated carbocycles. The molecule has 2 amide bonds. The van der Waals surface area contributed by atoms with Gasteiger partial charge in [-0.3, -0.25) is 9.59 Å². The number of carbonyl (C=O) groups excluding carboxylic acids is 2. The normalized spacial score (nSPS) is 21.2. The smallest absolute Gasteiger partial charge is 0.347 e. The molecule has 1 N–H and O–H groups in total. The topological polar surface area (TPSA) is 83.6 Å². The third-order valence-electron chi connectivity index (χ3n) is 7.60. The molecule has 1 heterocycles. The van der Waals surface area contributed by atoms with Gasteiger partial charge in [-0.2, -0.15) is 13.2 Å². The summed E-state index contributed by atoms with van der Waals surface area (Å²) in [5, 5.41) is 2.84. The number of likely N-dealkylation sites (tertiary alicyclic amines) is 1. The van der Waals surface area contributed by atoms with E-state index in [-0.39, 0.29) is 28.0 Å². The Balaban J connectivity index is 1.61. The summed E-state index contributed by atoms with van der Waals surface area (Å²) in [6.45, 7) is 1.88. The van der Waals surface area contributed by atoms with Crippen molar-refractivity contribution in [1.29, 1.82) is 0 Å². The van der Waals surface area contributed by atoms with Gasteiger partial charge < -0.3 is 10.2 Å².